The first kappa shape index (κ1) is 12.4. The van der Waals surface area contributed by atoms with Crippen LogP contribution in [0.1, 0.15) is 18.5 Å². The molecule has 1 rings (SSSR count). The molecule has 2 N–H and O–H groups in total. The quantitative estimate of drug-likeness (QED) is 0.861. The molecule has 0 aromatic heterocycles. The van der Waals surface area contributed by atoms with E-state index in [-0.39, 0.29) is 11.1 Å². The topological polar surface area (TPSA) is 29.3 Å². The van der Waals surface area contributed by atoms with Crippen molar-refractivity contribution in [1.29, 1.82) is 0 Å². The molecule has 1 aromatic rings. The summed E-state index contributed by atoms with van der Waals surface area (Å²) in [4.78, 5) is 2.10. The molecule has 0 spiro atoms. The van der Waals surface area contributed by atoms with E-state index in [1.807, 2.05) is 14.0 Å². The minimum Gasteiger partial charge on any atom is -0.329 e. The van der Waals surface area contributed by atoms with Crippen molar-refractivity contribution in [2.24, 2.45) is 5.73 Å². The molecule has 0 fully saturated rings. The van der Waals surface area contributed by atoms with Gasteiger partial charge in [0.2, 0.25) is 0 Å². The Balaban J connectivity index is 2.97. The Kier molecular flexibility index (Phi) is 4.51. The number of nitrogens with two attached hydrogens (primary N) is 1. The van der Waals surface area contributed by atoms with Gasteiger partial charge < -0.3 is 5.73 Å². The fourth-order valence-corrected chi connectivity index (χ4v) is 1.70. The van der Waals surface area contributed by atoms with Crippen molar-refractivity contribution in [3.05, 3.63) is 34.6 Å². The van der Waals surface area contributed by atoms with E-state index >= 15 is 0 Å². The highest BCUT2D eigenvalue weighted by Gasteiger charge is 2.15. The molecule has 0 bridgehead atoms. The molecule has 0 radical (unpaired) electrons. The van der Waals surface area contributed by atoms with Crippen molar-refractivity contribution in [3.8, 4) is 0 Å². The Morgan fingerprint density at radius 1 is 1.53 bits per heavy atom. The monoisotopic (exact) mass is 230 g/mol. The number of halogens is 2. The number of hydrogen-bond acceptors (Lipinski definition) is 2. The van der Waals surface area contributed by atoms with Crippen molar-refractivity contribution >= 4 is 11.6 Å². The van der Waals surface area contributed by atoms with E-state index in [2.05, 4.69) is 4.90 Å². The third kappa shape index (κ3) is 2.91. The number of rotatable bonds is 4. The van der Waals surface area contributed by atoms with Gasteiger partial charge in [0.15, 0.2) is 0 Å². The summed E-state index contributed by atoms with van der Waals surface area (Å²) in [5, 5.41) is 0.149. The van der Waals surface area contributed by atoms with Gasteiger partial charge in [-0.3, -0.25) is 4.90 Å². The Morgan fingerprint density at radius 2 is 2.20 bits per heavy atom. The Hall–Kier alpha value is -0.640. The zero-order valence-corrected chi connectivity index (χ0v) is 9.76. The molecule has 0 heterocycles. The third-order valence-electron chi connectivity index (χ3n) is 2.58. The van der Waals surface area contributed by atoms with Gasteiger partial charge in [-0.15, -0.1) is 0 Å². The molecule has 1 unspecified atom stereocenters. The van der Waals surface area contributed by atoms with Gasteiger partial charge in [-0.2, -0.15) is 0 Å². The van der Waals surface area contributed by atoms with Crippen LogP contribution in [0.25, 0.3) is 0 Å². The van der Waals surface area contributed by atoms with Crippen LogP contribution in [0.15, 0.2) is 18.2 Å². The lowest BCUT2D eigenvalue weighted by Crippen LogP contribution is -2.30. The fourth-order valence-electron chi connectivity index (χ4n) is 1.51. The van der Waals surface area contributed by atoms with Crippen LogP contribution < -0.4 is 5.73 Å². The average molecular weight is 231 g/mol. The van der Waals surface area contributed by atoms with Crippen molar-refractivity contribution in [3.63, 3.8) is 0 Å². The van der Waals surface area contributed by atoms with E-state index in [4.69, 9.17) is 17.3 Å². The lowest BCUT2D eigenvalue weighted by atomic mass is 10.1. The molecule has 0 aliphatic carbocycles. The number of likely N-dealkylation sites (N-methyl/N-ethyl adjacent to an activating group) is 1. The van der Waals surface area contributed by atoms with E-state index in [1.54, 1.807) is 12.1 Å². The number of hydrogen-bond donors (Lipinski definition) is 1. The summed E-state index contributed by atoms with van der Waals surface area (Å²) in [7, 11) is 1.98. The number of nitrogens with zero attached hydrogens (tertiary/aromatic N) is 1. The minimum absolute atomic E-state index is 0.0908. The SMILES string of the molecule is CCN(C)C(CN)c1ccc(F)c(Cl)c1. The van der Waals surface area contributed by atoms with Crippen molar-refractivity contribution in [2.45, 2.75) is 13.0 Å². The highest BCUT2D eigenvalue weighted by Crippen LogP contribution is 2.23. The zero-order chi connectivity index (χ0) is 11.4. The van der Waals surface area contributed by atoms with Crippen LogP contribution in [0, 0.1) is 5.82 Å². The van der Waals surface area contributed by atoms with Gasteiger partial charge in [-0.05, 0) is 31.3 Å². The van der Waals surface area contributed by atoms with Gasteiger partial charge in [0, 0.05) is 12.6 Å². The van der Waals surface area contributed by atoms with E-state index in [0.717, 1.165) is 12.1 Å². The second kappa shape index (κ2) is 5.45. The highest BCUT2D eigenvalue weighted by molar-refractivity contribution is 6.30. The molecule has 4 heteroatoms. The molecule has 0 saturated heterocycles. The molecule has 84 valence electrons. The summed E-state index contributed by atoms with van der Waals surface area (Å²) in [6, 6.07) is 4.84. The lowest BCUT2D eigenvalue weighted by molar-refractivity contribution is 0.263. The summed E-state index contributed by atoms with van der Waals surface area (Å²) in [5.41, 5.74) is 6.64. The van der Waals surface area contributed by atoms with Gasteiger partial charge >= 0.3 is 0 Å². The first-order valence-corrected chi connectivity index (χ1v) is 5.33. The van der Waals surface area contributed by atoms with E-state index in [9.17, 15) is 4.39 Å². The molecule has 1 aromatic carbocycles. The van der Waals surface area contributed by atoms with Gasteiger partial charge in [-0.1, -0.05) is 24.6 Å². The predicted molar refractivity (Wildman–Crippen MR) is 61.5 cm³/mol. The molecular formula is C11H16ClFN2. The van der Waals surface area contributed by atoms with Crippen LogP contribution in [0.5, 0.6) is 0 Å². The fraction of sp³-hybridized carbons (Fsp3) is 0.455. The third-order valence-corrected chi connectivity index (χ3v) is 2.87. The van der Waals surface area contributed by atoms with Gasteiger partial charge in [0.25, 0.3) is 0 Å². The van der Waals surface area contributed by atoms with Crippen LogP contribution in [0.4, 0.5) is 4.39 Å². The second-order valence-corrected chi connectivity index (χ2v) is 3.91. The molecule has 1 atom stereocenters. The van der Waals surface area contributed by atoms with E-state index in [0.29, 0.717) is 6.54 Å². The summed E-state index contributed by atoms with van der Waals surface area (Å²) in [5.74, 6) is -0.393. The second-order valence-electron chi connectivity index (χ2n) is 3.50. The molecule has 2 nitrogen and oxygen atoms in total. The molecule has 0 amide bonds. The predicted octanol–water partition coefficient (Wildman–Crippen LogP) is 2.43. The summed E-state index contributed by atoms with van der Waals surface area (Å²) >= 11 is 5.73. The van der Waals surface area contributed by atoms with Crippen molar-refractivity contribution in [1.82, 2.24) is 4.90 Å². The molecule has 15 heavy (non-hydrogen) atoms. The summed E-state index contributed by atoms with van der Waals surface area (Å²) in [6.07, 6.45) is 0. The maximum absolute atomic E-state index is 13.0. The van der Waals surface area contributed by atoms with Crippen LogP contribution in [-0.2, 0) is 0 Å². The van der Waals surface area contributed by atoms with E-state index in [1.165, 1.54) is 6.07 Å². The smallest absolute Gasteiger partial charge is 0.141 e. The maximum atomic E-state index is 13.0. The van der Waals surface area contributed by atoms with Crippen molar-refractivity contribution < 1.29 is 4.39 Å². The Bertz CT molecular complexity index is 330. The first-order valence-electron chi connectivity index (χ1n) is 4.95. The molecular weight excluding hydrogens is 215 g/mol. The molecule has 0 aliphatic heterocycles. The summed E-state index contributed by atoms with van der Waals surface area (Å²) < 4.78 is 13.0. The van der Waals surface area contributed by atoms with Gasteiger partial charge in [-0.25, -0.2) is 4.39 Å². The minimum atomic E-state index is -0.393. The van der Waals surface area contributed by atoms with Crippen LogP contribution >= 0.6 is 11.6 Å². The molecule has 0 aliphatic rings. The van der Waals surface area contributed by atoms with Crippen molar-refractivity contribution in [2.75, 3.05) is 20.1 Å². The summed E-state index contributed by atoms with van der Waals surface area (Å²) in [6.45, 7) is 3.43. The average Bonchev–Trinajstić information content (AvgIpc) is 2.24. The molecule has 0 saturated carbocycles. The zero-order valence-electron chi connectivity index (χ0n) is 9.00. The van der Waals surface area contributed by atoms with Crippen LogP contribution in [-0.4, -0.2) is 25.0 Å². The maximum Gasteiger partial charge on any atom is 0.141 e. The largest absolute Gasteiger partial charge is 0.329 e. The van der Waals surface area contributed by atoms with E-state index < -0.39 is 5.82 Å². The first-order chi connectivity index (χ1) is 7.10. The van der Waals surface area contributed by atoms with Crippen LogP contribution in [0.3, 0.4) is 0 Å². The highest BCUT2D eigenvalue weighted by atomic mass is 35.5. The Morgan fingerprint density at radius 3 is 2.67 bits per heavy atom. The normalized spacial score (nSPS) is 13.2. The Labute approximate surface area is 94.8 Å². The van der Waals surface area contributed by atoms with Gasteiger partial charge in [0.05, 0.1) is 5.02 Å². The standard InChI is InChI=1S/C11H16ClFN2/c1-3-15(2)11(7-14)8-4-5-10(13)9(12)6-8/h4-6,11H,3,7,14H2,1-2H3. The lowest BCUT2D eigenvalue weighted by Gasteiger charge is -2.26. The van der Waals surface area contributed by atoms with Gasteiger partial charge in [0.1, 0.15) is 5.82 Å². The van der Waals surface area contributed by atoms with Crippen LogP contribution in [0.2, 0.25) is 5.02 Å². The number of benzene rings is 1.